The minimum absolute atomic E-state index is 0. The number of aromatic nitrogens is 1. The monoisotopic (exact) mass is 714 g/mol. The van der Waals surface area contributed by atoms with Gasteiger partial charge >= 0.3 is 0 Å². The molecule has 0 saturated heterocycles. The molecule has 0 saturated carbocycles. The first kappa shape index (κ1) is 23.6. The van der Waals surface area contributed by atoms with Crippen molar-refractivity contribution in [1.29, 1.82) is 0 Å². The molecule has 0 fully saturated rings. The van der Waals surface area contributed by atoms with Crippen LogP contribution in [0.15, 0.2) is 75.9 Å². The summed E-state index contributed by atoms with van der Waals surface area (Å²) in [6.07, 6.45) is 19.2. The van der Waals surface area contributed by atoms with E-state index >= 15 is 0 Å². The number of para-hydroxylation sites is 1. The van der Waals surface area contributed by atoms with Crippen molar-refractivity contribution in [2.45, 2.75) is 78.4 Å². The van der Waals surface area contributed by atoms with E-state index in [-0.39, 0.29) is 25.7 Å². The number of furan rings is 1. The molecule has 2 aliphatic carbocycles. The normalized spacial score (nSPS) is 22.3. The first-order valence-corrected chi connectivity index (χ1v) is 14.0. The van der Waals surface area contributed by atoms with Gasteiger partial charge in [0.15, 0.2) is 0 Å². The summed E-state index contributed by atoms with van der Waals surface area (Å²) in [6.45, 7) is 4.37. The first-order chi connectivity index (χ1) is 21.1. The summed E-state index contributed by atoms with van der Waals surface area (Å²) < 4.78 is 45.0. The van der Waals surface area contributed by atoms with Crippen LogP contribution in [0.1, 0.15) is 95.2 Å². The van der Waals surface area contributed by atoms with E-state index < -0.39 is 19.6 Å². The van der Waals surface area contributed by atoms with Crippen molar-refractivity contribution in [1.82, 2.24) is 4.98 Å². The molecule has 0 N–H and O–H groups in total. The number of benzene rings is 1. The van der Waals surface area contributed by atoms with Gasteiger partial charge < -0.3 is 14.4 Å². The van der Waals surface area contributed by atoms with Gasteiger partial charge in [-0.3, -0.25) is 0 Å². The second-order valence-electron chi connectivity index (χ2n) is 10.3. The van der Waals surface area contributed by atoms with Crippen molar-refractivity contribution in [2.75, 3.05) is 0 Å². The number of rotatable bonds is 6. The van der Waals surface area contributed by atoms with Gasteiger partial charge in [0, 0.05) is 50.2 Å². The molecule has 4 heteroatoms. The molecule has 0 bridgehead atoms. The number of allylic oxidation sites excluding steroid dienone is 5. The quantitative estimate of drug-likeness (QED) is 0.241. The van der Waals surface area contributed by atoms with Gasteiger partial charge in [-0.05, 0) is 55.1 Å². The number of nitrogens with zero attached hydrogens (tertiary/aromatic N) is 2. The molecular weight excluding hydrogens is 669 g/mol. The molecule has 3 aliphatic rings. The van der Waals surface area contributed by atoms with E-state index in [0.717, 1.165) is 28.3 Å². The van der Waals surface area contributed by atoms with Crippen LogP contribution >= 0.6 is 0 Å². The summed E-state index contributed by atoms with van der Waals surface area (Å²) in [5.41, 5.74) is 7.52. The van der Waals surface area contributed by atoms with Crippen LogP contribution in [0.5, 0.6) is 0 Å². The Morgan fingerprint density at radius 3 is 2.83 bits per heavy atom. The average molecular weight is 714 g/mol. The molecule has 3 unspecified atom stereocenters. The van der Waals surface area contributed by atoms with Crippen molar-refractivity contribution in [3.63, 3.8) is 0 Å². The van der Waals surface area contributed by atoms with Gasteiger partial charge in [-0.1, -0.05) is 93.1 Å². The van der Waals surface area contributed by atoms with Gasteiger partial charge in [0.1, 0.15) is 5.58 Å². The fraction of sp³-hybridized carbons (Fsp3) is 0.333. The molecular formula is C36H40IrN2O-2. The zero-order valence-corrected chi connectivity index (χ0v) is 25.8. The fourth-order valence-electron chi connectivity index (χ4n) is 5.24. The average Bonchev–Trinajstić information content (AvgIpc) is 3.40. The maximum Gasteiger partial charge on any atom is 0.117 e. The van der Waals surface area contributed by atoms with Gasteiger partial charge in [0.25, 0.3) is 0 Å². The van der Waals surface area contributed by atoms with Crippen LogP contribution < -0.4 is 10.6 Å². The Hall–Kier alpha value is -3.07. The van der Waals surface area contributed by atoms with Crippen LogP contribution in [-0.2, 0) is 20.1 Å². The SMILES string of the molecule is CCCCC(C)c1cnc(C2=CC=CC[CH-]2)cc1C.[2H]C1C(C([2H])([2H])[2H])=CN=C(C2=c3oc4ccccc4c3=CC[CH-]2)C1[2H].[Ir]. The smallest absolute Gasteiger partial charge is 0.117 e. The van der Waals surface area contributed by atoms with E-state index in [4.69, 9.17) is 11.3 Å². The third kappa shape index (κ3) is 6.79. The van der Waals surface area contributed by atoms with Crippen LogP contribution in [0.2, 0.25) is 0 Å². The van der Waals surface area contributed by atoms with Gasteiger partial charge in [-0.2, -0.15) is 24.5 Å². The van der Waals surface area contributed by atoms with Crippen molar-refractivity contribution >= 4 is 33.9 Å². The summed E-state index contributed by atoms with van der Waals surface area (Å²) in [6, 6.07) is 9.95. The van der Waals surface area contributed by atoms with Crippen LogP contribution in [0.3, 0.4) is 0 Å². The second kappa shape index (κ2) is 14.0. The van der Waals surface area contributed by atoms with Gasteiger partial charge in [-0.25, -0.2) is 0 Å². The fourth-order valence-corrected chi connectivity index (χ4v) is 5.24. The Bertz CT molecular complexity index is 1770. The van der Waals surface area contributed by atoms with Gasteiger partial charge in [0.2, 0.25) is 0 Å². The summed E-state index contributed by atoms with van der Waals surface area (Å²) in [7, 11) is 0. The summed E-state index contributed by atoms with van der Waals surface area (Å²) >= 11 is 0. The largest absolute Gasteiger partial charge is 0.515 e. The Balaban J connectivity index is 0.000000208. The van der Waals surface area contributed by atoms with Crippen molar-refractivity contribution < 1.29 is 31.4 Å². The number of pyridine rings is 1. The maximum absolute atomic E-state index is 8.36. The molecule has 2 aromatic heterocycles. The first-order valence-electron chi connectivity index (χ1n) is 16.6. The molecule has 1 aliphatic heterocycles. The molecule has 0 amide bonds. The van der Waals surface area contributed by atoms with Crippen molar-refractivity contribution in [3.8, 4) is 0 Å². The zero-order chi connectivity index (χ0) is 31.4. The third-order valence-corrected chi connectivity index (χ3v) is 7.42. The van der Waals surface area contributed by atoms with E-state index in [1.807, 2.05) is 30.7 Å². The molecule has 6 rings (SSSR count). The number of aryl methyl sites for hydroxylation is 1. The van der Waals surface area contributed by atoms with Crippen molar-refractivity contribution in [2.24, 2.45) is 4.99 Å². The number of fused-ring (bicyclic) bond motifs is 3. The zero-order valence-electron chi connectivity index (χ0n) is 28.4. The third-order valence-electron chi connectivity index (χ3n) is 7.42. The Morgan fingerprint density at radius 2 is 2.05 bits per heavy atom. The molecule has 1 radical (unpaired) electrons. The molecule has 3 nitrogen and oxygen atoms in total. The molecule has 3 atom stereocenters. The summed E-state index contributed by atoms with van der Waals surface area (Å²) in [4.78, 5) is 8.91. The summed E-state index contributed by atoms with van der Waals surface area (Å²) in [5.74, 6) is 0.616. The molecule has 211 valence electrons. The second-order valence-corrected chi connectivity index (χ2v) is 10.3. The van der Waals surface area contributed by atoms with Crippen LogP contribution in [0.4, 0.5) is 0 Å². The van der Waals surface area contributed by atoms with E-state index in [1.54, 1.807) is 0 Å². The van der Waals surface area contributed by atoms with Gasteiger partial charge in [0.05, 0.1) is 0 Å². The topological polar surface area (TPSA) is 38.4 Å². The number of hydrogen-bond donors (Lipinski definition) is 0. The predicted octanol–water partition coefficient (Wildman–Crippen LogP) is 8.34. The maximum atomic E-state index is 8.36. The number of aliphatic imine (C=N–C) groups is 1. The molecule has 1 aromatic carbocycles. The van der Waals surface area contributed by atoms with E-state index in [0.29, 0.717) is 29.0 Å². The van der Waals surface area contributed by atoms with E-state index in [9.17, 15) is 0 Å². The molecule has 3 heterocycles. The predicted molar refractivity (Wildman–Crippen MR) is 166 cm³/mol. The Morgan fingerprint density at radius 1 is 1.18 bits per heavy atom. The molecule has 40 heavy (non-hydrogen) atoms. The summed E-state index contributed by atoms with van der Waals surface area (Å²) in [5, 5.41) is 1.97. The molecule has 3 aromatic rings. The van der Waals surface area contributed by atoms with Crippen molar-refractivity contribution in [3.05, 3.63) is 107 Å². The minimum Gasteiger partial charge on any atom is -0.515 e. The molecule has 0 spiro atoms. The Labute approximate surface area is 260 Å². The number of hydrogen-bond acceptors (Lipinski definition) is 3. The minimum atomic E-state index is -2.40. The Kier molecular flexibility index (Phi) is 8.27. The standard InChI is InChI=1S/C18H16NO.C18H24N.Ir/c1-12-9-10-16(19-11-12)15-7-4-6-14-13-5-2-3-8-17(13)20-18(14)15;1-4-5-9-14(2)17-13-19-18(12-15(17)3)16-10-7-6-8-11-16;/h2-3,5-8,11H,4,9-10H2,1H3;6-7,10-14H,4-5,8-9H2,1-3H3;/q2*-1;/i1D3,9D,10D;;. The van der Waals surface area contributed by atoms with E-state index in [2.05, 4.69) is 73.7 Å². The number of unbranched alkanes of at least 4 members (excludes halogenated alkanes) is 1. The van der Waals surface area contributed by atoms with Crippen LogP contribution in [-0.4, -0.2) is 10.7 Å². The van der Waals surface area contributed by atoms with E-state index in [1.165, 1.54) is 42.2 Å². The van der Waals surface area contributed by atoms with Crippen LogP contribution in [0.25, 0.3) is 28.2 Å². The van der Waals surface area contributed by atoms with Crippen LogP contribution in [0, 0.1) is 19.8 Å². The van der Waals surface area contributed by atoms with Gasteiger partial charge in [-0.15, -0.1) is 17.7 Å².